The highest BCUT2D eigenvalue weighted by atomic mass is 32.2. The van der Waals surface area contributed by atoms with Crippen LogP contribution in [-0.4, -0.2) is 64.1 Å². The van der Waals surface area contributed by atoms with Gasteiger partial charge in [-0.2, -0.15) is 0 Å². The molecule has 5 aliphatic rings. The van der Waals surface area contributed by atoms with Crippen LogP contribution in [0.4, 0.5) is 0 Å². The quantitative estimate of drug-likeness (QED) is 0.414. The van der Waals surface area contributed by atoms with Crippen LogP contribution in [-0.2, 0) is 4.79 Å². The first-order valence-electron chi connectivity index (χ1n) is 13.4. The third-order valence-electron chi connectivity index (χ3n) is 9.69. The Morgan fingerprint density at radius 2 is 2.00 bits per heavy atom. The van der Waals surface area contributed by atoms with Gasteiger partial charge in [-0.25, -0.2) is 10.9 Å². The van der Waals surface area contributed by atoms with E-state index in [1.807, 2.05) is 18.7 Å². The zero-order valence-corrected chi connectivity index (χ0v) is 21.5. The number of aliphatic hydroxyl groups is 1. The number of carbonyl (C=O) groups is 1. The fraction of sp³-hybridized carbons (Fsp3) is 0.960. The van der Waals surface area contributed by atoms with Crippen LogP contribution in [0.15, 0.2) is 0 Å². The van der Waals surface area contributed by atoms with Crippen molar-refractivity contribution >= 4 is 17.7 Å². The molecule has 8 heteroatoms. The highest BCUT2D eigenvalue weighted by Gasteiger charge is 2.52. The van der Waals surface area contributed by atoms with Crippen molar-refractivity contribution in [3.63, 3.8) is 0 Å². The van der Waals surface area contributed by atoms with E-state index in [0.717, 1.165) is 44.7 Å². The Kier molecular flexibility index (Phi) is 7.32. The lowest BCUT2D eigenvalue weighted by atomic mass is 9.68. The Morgan fingerprint density at radius 1 is 1.18 bits per heavy atom. The molecule has 2 saturated heterocycles. The molecular formula is C25H45N5O2S. The largest absolute Gasteiger partial charge is 0.390 e. The Labute approximate surface area is 203 Å². The monoisotopic (exact) mass is 479 g/mol. The fourth-order valence-electron chi connectivity index (χ4n) is 7.58. The van der Waals surface area contributed by atoms with Crippen LogP contribution in [0.1, 0.15) is 78.1 Å². The molecule has 7 nitrogen and oxygen atoms in total. The van der Waals surface area contributed by atoms with Gasteiger partial charge in [-0.05, 0) is 89.0 Å². The van der Waals surface area contributed by atoms with E-state index >= 15 is 0 Å². The van der Waals surface area contributed by atoms with E-state index in [1.165, 1.54) is 32.1 Å². The zero-order chi connectivity index (χ0) is 23.2. The van der Waals surface area contributed by atoms with Crippen molar-refractivity contribution in [3.8, 4) is 0 Å². The van der Waals surface area contributed by atoms with Crippen molar-refractivity contribution in [3.05, 3.63) is 0 Å². The predicted octanol–water partition coefficient (Wildman–Crippen LogP) is 2.37. The first-order valence-corrected chi connectivity index (χ1v) is 14.4. The number of piperidine rings is 1. The van der Waals surface area contributed by atoms with E-state index in [0.29, 0.717) is 23.1 Å². The second kappa shape index (κ2) is 9.94. The molecule has 5 rings (SSSR count). The van der Waals surface area contributed by atoms with Gasteiger partial charge in [-0.15, -0.1) is 11.8 Å². The Hall–Kier alpha value is -0.380. The first kappa shape index (κ1) is 24.3. The topological polar surface area (TPSA) is 88.7 Å². The Balaban J connectivity index is 1.24. The molecule has 0 aromatic rings. The van der Waals surface area contributed by atoms with Gasteiger partial charge in [0.1, 0.15) is 5.50 Å². The van der Waals surface area contributed by atoms with Crippen molar-refractivity contribution in [2.45, 2.75) is 113 Å². The highest BCUT2D eigenvalue weighted by molar-refractivity contribution is 8.00. The van der Waals surface area contributed by atoms with E-state index in [9.17, 15) is 9.90 Å². The second-order valence-corrected chi connectivity index (χ2v) is 13.4. The number of hydrogen-bond acceptors (Lipinski definition) is 7. The average Bonchev–Trinajstić information content (AvgIpc) is 3.35. The summed E-state index contributed by atoms with van der Waals surface area (Å²) in [5.74, 6) is 2.14. The fourth-order valence-corrected chi connectivity index (χ4v) is 8.86. The van der Waals surface area contributed by atoms with Gasteiger partial charge in [-0.1, -0.05) is 19.8 Å². The minimum absolute atomic E-state index is 0.0423. The first-order chi connectivity index (χ1) is 15.8. The SMILES string of the molecule is CC(SC1NNCN1C)C1CC(NC(=O)C2CCC3CCCCC3N2)C2CCC(C)(O)C2C1. The molecule has 10 unspecified atom stereocenters. The summed E-state index contributed by atoms with van der Waals surface area (Å²) in [5.41, 5.74) is 6.24. The van der Waals surface area contributed by atoms with E-state index in [-0.39, 0.29) is 29.4 Å². The Bertz CT molecular complexity index is 708. The number of hydrogen-bond donors (Lipinski definition) is 5. The third kappa shape index (κ3) is 5.12. The molecule has 188 valence electrons. The molecule has 0 aromatic carbocycles. The summed E-state index contributed by atoms with van der Waals surface area (Å²) in [4.78, 5) is 15.7. The minimum Gasteiger partial charge on any atom is -0.390 e. The summed E-state index contributed by atoms with van der Waals surface area (Å²) in [7, 11) is 2.13. The molecule has 0 radical (unpaired) electrons. The maximum Gasteiger partial charge on any atom is 0.237 e. The number of hydrazine groups is 1. The standard InChI is InChI=1S/C25H45N5O2S/c1-15(33-24-29-26-14-30(24)3)17-12-19-18(10-11-25(19,2)32)22(13-17)28-23(31)21-9-8-16-6-4-5-7-20(16)27-21/h15-22,24,26-27,29,32H,4-14H2,1-3H3,(H,28,31). The number of rotatable bonds is 5. The molecule has 10 atom stereocenters. The van der Waals surface area contributed by atoms with Gasteiger partial charge in [0, 0.05) is 17.3 Å². The van der Waals surface area contributed by atoms with Crippen LogP contribution in [0.5, 0.6) is 0 Å². The van der Waals surface area contributed by atoms with Gasteiger partial charge >= 0.3 is 0 Å². The lowest BCUT2D eigenvalue weighted by molar-refractivity contribution is -0.126. The summed E-state index contributed by atoms with van der Waals surface area (Å²) in [6.45, 7) is 5.21. The zero-order valence-electron chi connectivity index (χ0n) is 20.7. The smallest absolute Gasteiger partial charge is 0.237 e. The average molecular weight is 480 g/mol. The summed E-state index contributed by atoms with van der Waals surface area (Å²) in [6, 6.07) is 0.666. The minimum atomic E-state index is -0.612. The summed E-state index contributed by atoms with van der Waals surface area (Å²) < 4.78 is 0. The van der Waals surface area contributed by atoms with Crippen LogP contribution in [0.2, 0.25) is 0 Å². The lowest BCUT2D eigenvalue weighted by Crippen LogP contribution is -2.58. The molecule has 2 heterocycles. The molecule has 2 aliphatic heterocycles. The molecule has 0 aromatic heterocycles. The van der Waals surface area contributed by atoms with Gasteiger partial charge in [0.2, 0.25) is 5.91 Å². The van der Waals surface area contributed by atoms with Gasteiger partial charge in [0.15, 0.2) is 0 Å². The van der Waals surface area contributed by atoms with Crippen LogP contribution >= 0.6 is 11.8 Å². The molecule has 5 N–H and O–H groups in total. The molecule has 5 fully saturated rings. The van der Waals surface area contributed by atoms with Crippen molar-refractivity contribution < 1.29 is 9.90 Å². The summed E-state index contributed by atoms with van der Waals surface area (Å²) >= 11 is 1.96. The normalized spacial score (nSPS) is 47.0. The molecule has 1 amide bonds. The van der Waals surface area contributed by atoms with Gasteiger partial charge in [-0.3, -0.25) is 9.69 Å². The molecule has 3 aliphatic carbocycles. The van der Waals surface area contributed by atoms with Crippen molar-refractivity contribution in [2.75, 3.05) is 13.7 Å². The highest BCUT2D eigenvalue weighted by Crippen LogP contribution is 2.51. The molecular weight excluding hydrogens is 434 g/mol. The van der Waals surface area contributed by atoms with E-state index < -0.39 is 5.60 Å². The molecule has 0 spiro atoms. The van der Waals surface area contributed by atoms with Crippen LogP contribution < -0.4 is 21.5 Å². The molecule has 0 bridgehead atoms. The number of nitrogens with zero attached hydrogens (tertiary/aromatic N) is 1. The second-order valence-electron chi connectivity index (χ2n) is 11.9. The van der Waals surface area contributed by atoms with Crippen molar-refractivity contribution in [2.24, 2.45) is 23.7 Å². The number of fused-ring (bicyclic) bond motifs is 2. The lowest BCUT2D eigenvalue weighted by Gasteiger charge is -2.45. The number of amides is 1. The van der Waals surface area contributed by atoms with Gasteiger partial charge < -0.3 is 15.7 Å². The van der Waals surface area contributed by atoms with Gasteiger partial charge in [0.25, 0.3) is 0 Å². The number of thioether (sulfide) groups is 1. The van der Waals surface area contributed by atoms with Crippen LogP contribution in [0, 0.1) is 23.7 Å². The molecule has 33 heavy (non-hydrogen) atoms. The van der Waals surface area contributed by atoms with Crippen LogP contribution in [0.3, 0.4) is 0 Å². The summed E-state index contributed by atoms with van der Waals surface area (Å²) in [5, 5.41) is 18.9. The third-order valence-corrected chi connectivity index (χ3v) is 11.2. The number of carbonyl (C=O) groups excluding carboxylic acids is 1. The van der Waals surface area contributed by atoms with E-state index in [2.05, 4.69) is 40.4 Å². The Morgan fingerprint density at radius 3 is 2.79 bits per heavy atom. The predicted molar refractivity (Wildman–Crippen MR) is 133 cm³/mol. The van der Waals surface area contributed by atoms with Crippen LogP contribution in [0.25, 0.3) is 0 Å². The summed E-state index contributed by atoms with van der Waals surface area (Å²) in [6.07, 6.45) is 11.3. The molecule has 3 saturated carbocycles. The van der Waals surface area contributed by atoms with E-state index in [4.69, 9.17) is 0 Å². The van der Waals surface area contributed by atoms with Crippen molar-refractivity contribution in [1.82, 2.24) is 26.4 Å². The number of nitrogens with one attached hydrogen (secondary N) is 4. The van der Waals surface area contributed by atoms with E-state index in [1.54, 1.807) is 0 Å². The van der Waals surface area contributed by atoms with Gasteiger partial charge in [0.05, 0.1) is 18.3 Å². The van der Waals surface area contributed by atoms with Crippen molar-refractivity contribution in [1.29, 1.82) is 0 Å². The maximum absolute atomic E-state index is 13.4. The maximum atomic E-state index is 13.4.